The fraction of sp³-hybridized carbons (Fsp3) is 0.312. The first-order valence-corrected chi connectivity index (χ1v) is 7.36. The number of halogens is 1. The molecule has 0 fully saturated rings. The van der Waals surface area contributed by atoms with Crippen molar-refractivity contribution in [2.24, 2.45) is 0 Å². The minimum absolute atomic E-state index is 0.525. The Morgan fingerprint density at radius 3 is 2.60 bits per heavy atom. The van der Waals surface area contributed by atoms with Gasteiger partial charge in [-0.1, -0.05) is 28.1 Å². The van der Waals surface area contributed by atoms with Gasteiger partial charge in [-0.05, 0) is 37.6 Å². The van der Waals surface area contributed by atoms with Gasteiger partial charge in [-0.2, -0.15) is 0 Å². The Hall–Kier alpha value is -1.39. The highest BCUT2D eigenvalue weighted by molar-refractivity contribution is 9.10. The summed E-state index contributed by atoms with van der Waals surface area (Å²) in [6.07, 6.45) is 3.86. The van der Waals surface area contributed by atoms with E-state index in [-0.39, 0.29) is 0 Å². The molecule has 0 saturated carbocycles. The van der Waals surface area contributed by atoms with E-state index in [0.29, 0.717) is 18.8 Å². The Kier molecular flexibility index (Phi) is 4.78. The fourth-order valence-electron chi connectivity index (χ4n) is 2.06. The Bertz CT molecular complexity index is 567. The second-order valence-corrected chi connectivity index (χ2v) is 5.84. The molecule has 1 N–H and O–H groups in total. The Morgan fingerprint density at radius 1 is 1.25 bits per heavy atom. The number of ether oxygens (including phenoxy) is 1. The number of hydrogen-bond acceptors (Lipinski definition) is 3. The van der Waals surface area contributed by atoms with Crippen molar-refractivity contribution < 1.29 is 9.84 Å². The first-order valence-electron chi connectivity index (χ1n) is 6.56. The lowest BCUT2D eigenvalue weighted by Gasteiger charge is -2.24. The average Bonchev–Trinajstić information content (AvgIpc) is 2.42. The summed E-state index contributed by atoms with van der Waals surface area (Å²) >= 11 is 3.41. The molecule has 4 heteroatoms. The molecule has 3 nitrogen and oxygen atoms in total. The van der Waals surface area contributed by atoms with Crippen molar-refractivity contribution in [3.8, 4) is 5.75 Å². The zero-order chi connectivity index (χ0) is 14.6. The molecule has 0 spiro atoms. The lowest BCUT2D eigenvalue weighted by molar-refractivity contribution is 0.0569. The number of rotatable bonds is 5. The molecular weight excluding hydrogens is 318 g/mol. The predicted octanol–water partition coefficient (Wildman–Crippen LogP) is 3.69. The summed E-state index contributed by atoms with van der Waals surface area (Å²) in [4.78, 5) is 4.13. The van der Waals surface area contributed by atoms with Gasteiger partial charge in [0.1, 0.15) is 5.75 Å². The maximum Gasteiger partial charge on any atom is 0.137 e. The second-order valence-electron chi connectivity index (χ2n) is 4.92. The van der Waals surface area contributed by atoms with Gasteiger partial charge in [0.05, 0.1) is 18.4 Å². The molecule has 0 aliphatic rings. The largest absolute Gasteiger partial charge is 0.492 e. The topological polar surface area (TPSA) is 42.4 Å². The zero-order valence-electron chi connectivity index (χ0n) is 11.6. The van der Waals surface area contributed by atoms with E-state index in [1.54, 1.807) is 19.3 Å². The van der Waals surface area contributed by atoms with Crippen LogP contribution in [0.5, 0.6) is 5.75 Å². The Labute approximate surface area is 127 Å². The van der Waals surface area contributed by atoms with Crippen LogP contribution in [0.25, 0.3) is 0 Å². The van der Waals surface area contributed by atoms with Gasteiger partial charge in [0.25, 0.3) is 0 Å². The summed E-state index contributed by atoms with van der Waals surface area (Å²) in [6.45, 7) is 4.30. The van der Waals surface area contributed by atoms with Gasteiger partial charge in [-0.15, -0.1) is 0 Å². The number of nitrogens with zero attached hydrogens (tertiary/aromatic N) is 1. The maximum absolute atomic E-state index is 10.7. The highest BCUT2D eigenvalue weighted by Gasteiger charge is 2.24. The molecule has 2 aromatic rings. The van der Waals surface area contributed by atoms with Crippen LogP contribution < -0.4 is 4.74 Å². The minimum atomic E-state index is -0.978. The first-order chi connectivity index (χ1) is 9.51. The lowest BCUT2D eigenvalue weighted by atomic mass is 9.90. The van der Waals surface area contributed by atoms with Crippen molar-refractivity contribution in [1.29, 1.82) is 0 Å². The van der Waals surface area contributed by atoms with Gasteiger partial charge in [0, 0.05) is 22.7 Å². The third kappa shape index (κ3) is 3.81. The standard InChI is InChI=1S/C16H18BrNO2/c1-3-20-15-8-13(10-18-11-15)16(2,19)9-12-4-6-14(17)7-5-12/h4-8,10-11,19H,3,9H2,1-2H3. The van der Waals surface area contributed by atoms with Gasteiger partial charge in [0.2, 0.25) is 0 Å². The summed E-state index contributed by atoms with van der Waals surface area (Å²) in [5.41, 5.74) is 0.847. The van der Waals surface area contributed by atoms with Crippen molar-refractivity contribution in [1.82, 2.24) is 4.98 Å². The van der Waals surface area contributed by atoms with Crippen LogP contribution >= 0.6 is 15.9 Å². The lowest BCUT2D eigenvalue weighted by Crippen LogP contribution is -2.24. The third-order valence-electron chi connectivity index (χ3n) is 3.11. The molecule has 0 radical (unpaired) electrons. The van der Waals surface area contributed by atoms with E-state index in [1.807, 2.05) is 37.3 Å². The molecule has 0 bridgehead atoms. The van der Waals surface area contributed by atoms with Crippen molar-refractivity contribution in [2.75, 3.05) is 6.61 Å². The van der Waals surface area contributed by atoms with Crippen LogP contribution in [0, 0.1) is 0 Å². The molecule has 0 amide bonds. The quantitative estimate of drug-likeness (QED) is 0.905. The normalized spacial score (nSPS) is 13.8. The minimum Gasteiger partial charge on any atom is -0.492 e. The van der Waals surface area contributed by atoms with E-state index < -0.39 is 5.60 Å². The molecule has 0 saturated heterocycles. The van der Waals surface area contributed by atoms with E-state index in [1.165, 1.54) is 0 Å². The molecule has 1 aromatic heterocycles. The van der Waals surface area contributed by atoms with E-state index >= 15 is 0 Å². The van der Waals surface area contributed by atoms with Gasteiger partial charge < -0.3 is 9.84 Å². The molecular formula is C16H18BrNO2. The molecule has 1 aromatic carbocycles. The zero-order valence-corrected chi connectivity index (χ0v) is 13.2. The van der Waals surface area contributed by atoms with Crippen LogP contribution in [0.4, 0.5) is 0 Å². The predicted molar refractivity (Wildman–Crippen MR) is 82.8 cm³/mol. The van der Waals surface area contributed by atoms with Gasteiger partial charge in [-0.25, -0.2) is 0 Å². The summed E-state index contributed by atoms with van der Waals surface area (Å²) in [7, 11) is 0. The van der Waals surface area contributed by atoms with Crippen molar-refractivity contribution >= 4 is 15.9 Å². The Balaban J connectivity index is 2.20. The van der Waals surface area contributed by atoms with E-state index in [4.69, 9.17) is 4.74 Å². The van der Waals surface area contributed by atoms with Gasteiger partial charge in [-0.3, -0.25) is 4.98 Å². The molecule has 106 valence electrons. The van der Waals surface area contributed by atoms with E-state index in [9.17, 15) is 5.11 Å². The van der Waals surface area contributed by atoms with E-state index in [2.05, 4.69) is 20.9 Å². The van der Waals surface area contributed by atoms with Crippen molar-refractivity contribution in [3.63, 3.8) is 0 Å². The van der Waals surface area contributed by atoms with Crippen LogP contribution in [0.1, 0.15) is 25.0 Å². The monoisotopic (exact) mass is 335 g/mol. The average molecular weight is 336 g/mol. The summed E-state index contributed by atoms with van der Waals surface area (Å²) < 4.78 is 6.46. The van der Waals surface area contributed by atoms with Gasteiger partial charge in [0.15, 0.2) is 0 Å². The first kappa shape index (κ1) is 15.0. The van der Waals surface area contributed by atoms with Crippen molar-refractivity contribution in [3.05, 3.63) is 58.3 Å². The second kappa shape index (κ2) is 6.37. The van der Waals surface area contributed by atoms with Gasteiger partial charge >= 0.3 is 0 Å². The van der Waals surface area contributed by atoms with Crippen molar-refractivity contribution in [2.45, 2.75) is 25.9 Å². The number of pyridine rings is 1. The number of aromatic nitrogens is 1. The molecule has 2 rings (SSSR count). The van der Waals surface area contributed by atoms with Crippen LogP contribution in [0.15, 0.2) is 47.2 Å². The fourth-order valence-corrected chi connectivity index (χ4v) is 2.33. The maximum atomic E-state index is 10.7. The van der Waals surface area contributed by atoms with Crippen LogP contribution in [0.3, 0.4) is 0 Å². The smallest absolute Gasteiger partial charge is 0.137 e. The number of benzene rings is 1. The number of hydrogen-bond donors (Lipinski definition) is 1. The molecule has 1 atom stereocenters. The third-order valence-corrected chi connectivity index (χ3v) is 3.64. The summed E-state index contributed by atoms with van der Waals surface area (Å²) in [5.74, 6) is 0.682. The Morgan fingerprint density at radius 2 is 1.95 bits per heavy atom. The molecule has 0 aliphatic heterocycles. The SMILES string of the molecule is CCOc1cncc(C(C)(O)Cc2ccc(Br)cc2)c1. The highest BCUT2D eigenvalue weighted by atomic mass is 79.9. The molecule has 1 heterocycles. The molecule has 1 unspecified atom stereocenters. The van der Waals surface area contributed by atoms with Crippen LogP contribution in [-0.2, 0) is 12.0 Å². The van der Waals surface area contributed by atoms with Crippen LogP contribution in [-0.4, -0.2) is 16.7 Å². The van der Waals surface area contributed by atoms with E-state index in [0.717, 1.165) is 15.6 Å². The van der Waals surface area contributed by atoms with Crippen LogP contribution in [0.2, 0.25) is 0 Å². The molecule has 0 aliphatic carbocycles. The molecule has 20 heavy (non-hydrogen) atoms. The number of aliphatic hydroxyl groups is 1. The summed E-state index contributed by atoms with van der Waals surface area (Å²) in [5, 5.41) is 10.7. The highest BCUT2D eigenvalue weighted by Crippen LogP contribution is 2.27. The summed E-state index contributed by atoms with van der Waals surface area (Å²) in [6, 6.07) is 9.78.